The van der Waals surface area contributed by atoms with Gasteiger partial charge in [0.1, 0.15) is 0 Å². The molecule has 0 unspecified atom stereocenters. The summed E-state index contributed by atoms with van der Waals surface area (Å²) in [5.74, 6) is -0.766. The molecule has 1 aromatic heterocycles. The normalized spacial score (nSPS) is 10.2. The van der Waals surface area contributed by atoms with Crippen LogP contribution in [0.4, 0.5) is 11.4 Å². The van der Waals surface area contributed by atoms with Gasteiger partial charge in [-0.15, -0.1) is 11.3 Å². The standard InChI is InChI=1S/C21H19N3O3S/c1-13-16(20(26)22-2)8-4-9-17(13)24-19(25)14-6-3-7-15(12-14)23-21(27)18-10-5-11-28-18/h3-12H,1-2H3,(H,22,26)(H,23,27)(H,24,25). The Balaban J connectivity index is 1.77. The van der Waals surface area contributed by atoms with Gasteiger partial charge in [0.2, 0.25) is 0 Å². The number of carbonyl (C=O) groups is 3. The van der Waals surface area contributed by atoms with Crippen molar-refractivity contribution in [3.05, 3.63) is 81.5 Å². The van der Waals surface area contributed by atoms with Crippen LogP contribution in [0.3, 0.4) is 0 Å². The molecular weight excluding hydrogens is 374 g/mol. The quantitative estimate of drug-likeness (QED) is 0.614. The van der Waals surface area contributed by atoms with Crippen LogP contribution in [-0.4, -0.2) is 24.8 Å². The lowest BCUT2D eigenvalue weighted by Gasteiger charge is -2.12. The van der Waals surface area contributed by atoms with E-state index in [-0.39, 0.29) is 17.7 Å². The SMILES string of the molecule is CNC(=O)c1cccc(NC(=O)c2cccc(NC(=O)c3cccs3)c2)c1C. The summed E-state index contributed by atoms with van der Waals surface area (Å²) < 4.78 is 0. The summed E-state index contributed by atoms with van der Waals surface area (Å²) in [5, 5.41) is 10.0. The van der Waals surface area contributed by atoms with Gasteiger partial charge in [0.05, 0.1) is 4.88 Å². The molecule has 0 atom stereocenters. The minimum Gasteiger partial charge on any atom is -0.355 e. The Bertz CT molecular complexity index is 1030. The number of carbonyl (C=O) groups excluding carboxylic acids is 3. The highest BCUT2D eigenvalue weighted by Crippen LogP contribution is 2.21. The Labute approximate surface area is 166 Å². The first-order valence-electron chi connectivity index (χ1n) is 8.57. The highest BCUT2D eigenvalue weighted by Gasteiger charge is 2.14. The molecule has 0 aliphatic rings. The monoisotopic (exact) mass is 393 g/mol. The zero-order valence-electron chi connectivity index (χ0n) is 15.4. The molecule has 3 rings (SSSR count). The number of hydrogen-bond donors (Lipinski definition) is 3. The van der Waals surface area contributed by atoms with Crippen molar-refractivity contribution in [3.8, 4) is 0 Å². The van der Waals surface area contributed by atoms with Crippen molar-refractivity contribution < 1.29 is 14.4 Å². The number of amides is 3. The van der Waals surface area contributed by atoms with Gasteiger partial charge in [0.25, 0.3) is 17.7 Å². The molecule has 0 spiro atoms. The van der Waals surface area contributed by atoms with Gasteiger partial charge in [0, 0.05) is 29.5 Å². The van der Waals surface area contributed by atoms with Crippen LogP contribution in [0, 0.1) is 6.92 Å². The zero-order chi connectivity index (χ0) is 20.1. The van der Waals surface area contributed by atoms with Crippen LogP contribution in [-0.2, 0) is 0 Å². The van der Waals surface area contributed by atoms with Gasteiger partial charge in [-0.1, -0.05) is 18.2 Å². The summed E-state index contributed by atoms with van der Waals surface area (Å²) in [4.78, 5) is 37.4. The lowest BCUT2D eigenvalue weighted by Crippen LogP contribution is -2.20. The summed E-state index contributed by atoms with van der Waals surface area (Å²) in [6, 6.07) is 15.4. The first-order valence-corrected chi connectivity index (χ1v) is 9.45. The predicted octanol–water partition coefficient (Wildman–Crippen LogP) is 3.92. The van der Waals surface area contributed by atoms with Gasteiger partial charge in [-0.05, 0) is 54.3 Å². The molecule has 3 aromatic rings. The van der Waals surface area contributed by atoms with E-state index in [1.165, 1.54) is 11.3 Å². The van der Waals surface area contributed by atoms with Crippen molar-refractivity contribution in [1.82, 2.24) is 5.32 Å². The van der Waals surface area contributed by atoms with Gasteiger partial charge in [-0.3, -0.25) is 14.4 Å². The van der Waals surface area contributed by atoms with E-state index in [2.05, 4.69) is 16.0 Å². The number of nitrogens with one attached hydrogen (secondary N) is 3. The Kier molecular flexibility index (Phi) is 5.86. The topological polar surface area (TPSA) is 87.3 Å². The van der Waals surface area contributed by atoms with Crippen LogP contribution in [0.25, 0.3) is 0 Å². The van der Waals surface area contributed by atoms with Crippen molar-refractivity contribution in [2.24, 2.45) is 0 Å². The largest absolute Gasteiger partial charge is 0.355 e. The first-order chi connectivity index (χ1) is 13.5. The van der Waals surface area contributed by atoms with E-state index in [1.54, 1.807) is 68.6 Å². The second-order valence-electron chi connectivity index (χ2n) is 6.02. The Morgan fingerprint density at radius 3 is 2.36 bits per heavy atom. The fraction of sp³-hybridized carbons (Fsp3) is 0.0952. The molecule has 0 aliphatic heterocycles. The lowest BCUT2D eigenvalue weighted by atomic mass is 10.1. The molecule has 2 aromatic carbocycles. The molecule has 3 N–H and O–H groups in total. The Hall–Kier alpha value is -3.45. The molecular formula is C21H19N3O3S. The summed E-state index contributed by atoms with van der Waals surface area (Å²) in [6.07, 6.45) is 0. The van der Waals surface area contributed by atoms with E-state index in [1.807, 2.05) is 5.38 Å². The predicted molar refractivity (Wildman–Crippen MR) is 111 cm³/mol. The van der Waals surface area contributed by atoms with Crippen molar-refractivity contribution in [1.29, 1.82) is 0 Å². The fourth-order valence-electron chi connectivity index (χ4n) is 2.68. The maximum atomic E-state index is 12.7. The molecule has 0 aliphatic carbocycles. The van der Waals surface area contributed by atoms with Crippen LogP contribution >= 0.6 is 11.3 Å². The second-order valence-corrected chi connectivity index (χ2v) is 6.97. The minimum absolute atomic E-state index is 0.216. The zero-order valence-corrected chi connectivity index (χ0v) is 16.2. The van der Waals surface area contributed by atoms with E-state index < -0.39 is 0 Å². The Morgan fingerprint density at radius 2 is 1.64 bits per heavy atom. The average molecular weight is 393 g/mol. The Morgan fingerprint density at radius 1 is 0.857 bits per heavy atom. The van der Waals surface area contributed by atoms with Crippen LogP contribution < -0.4 is 16.0 Å². The number of benzene rings is 2. The van der Waals surface area contributed by atoms with Crippen LogP contribution in [0.15, 0.2) is 60.0 Å². The van der Waals surface area contributed by atoms with Gasteiger partial charge in [0.15, 0.2) is 0 Å². The van der Waals surface area contributed by atoms with E-state index in [0.717, 1.165) is 0 Å². The minimum atomic E-state index is -0.329. The summed E-state index contributed by atoms with van der Waals surface area (Å²) >= 11 is 1.35. The number of anilines is 2. The van der Waals surface area contributed by atoms with Crippen molar-refractivity contribution in [2.75, 3.05) is 17.7 Å². The van der Waals surface area contributed by atoms with Crippen LogP contribution in [0.2, 0.25) is 0 Å². The average Bonchev–Trinajstić information content (AvgIpc) is 3.24. The molecule has 7 heteroatoms. The van der Waals surface area contributed by atoms with Crippen molar-refractivity contribution in [3.63, 3.8) is 0 Å². The molecule has 3 amide bonds. The molecule has 28 heavy (non-hydrogen) atoms. The molecule has 0 saturated heterocycles. The number of hydrogen-bond acceptors (Lipinski definition) is 4. The third-order valence-electron chi connectivity index (χ3n) is 4.18. The fourth-order valence-corrected chi connectivity index (χ4v) is 3.30. The van der Waals surface area contributed by atoms with E-state index >= 15 is 0 Å². The van der Waals surface area contributed by atoms with Gasteiger partial charge in [-0.2, -0.15) is 0 Å². The van der Waals surface area contributed by atoms with Crippen molar-refractivity contribution >= 4 is 40.4 Å². The number of rotatable bonds is 5. The summed E-state index contributed by atoms with van der Waals surface area (Å²) in [6.45, 7) is 1.78. The summed E-state index contributed by atoms with van der Waals surface area (Å²) in [5.41, 5.74) is 2.66. The third kappa shape index (κ3) is 4.27. The molecule has 1 heterocycles. The molecule has 0 saturated carbocycles. The molecule has 6 nitrogen and oxygen atoms in total. The van der Waals surface area contributed by atoms with E-state index in [0.29, 0.717) is 32.9 Å². The summed E-state index contributed by atoms with van der Waals surface area (Å²) in [7, 11) is 1.56. The smallest absolute Gasteiger partial charge is 0.265 e. The molecule has 0 radical (unpaired) electrons. The lowest BCUT2D eigenvalue weighted by molar-refractivity contribution is 0.0960. The van der Waals surface area contributed by atoms with Crippen molar-refractivity contribution in [2.45, 2.75) is 6.92 Å². The van der Waals surface area contributed by atoms with Gasteiger partial charge < -0.3 is 16.0 Å². The van der Waals surface area contributed by atoms with Crippen LogP contribution in [0.5, 0.6) is 0 Å². The maximum Gasteiger partial charge on any atom is 0.265 e. The molecule has 142 valence electrons. The first kappa shape index (κ1) is 19.3. The second kappa shape index (κ2) is 8.49. The number of thiophene rings is 1. The molecule has 0 fully saturated rings. The van der Waals surface area contributed by atoms with Crippen LogP contribution in [0.1, 0.15) is 36.0 Å². The highest BCUT2D eigenvalue weighted by molar-refractivity contribution is 7.12. The third-order valence-corrected chi connectivity index (χ3v) is 5.05. The molecule has 0 bridgehead atoms. The maximum absolute atomic E-state index is 12.7. The van der Waals surface area contributed by atoms with E-state index in [9.17, 15) is 14.4 Å². The van der Waals surface area contributed by atoms with Gasteiger partial charge >= 0.3 is 0 Å². The van der Waals surface area contributed by atoms with E-state index in [4.69, 9.17) is 0 Å². The highest BCUT2D eigenvalue weighted by atomic mass is 32.1. The van der Waals surface area contributed by atoms with Gasteiger partial charge in [-0.25, -0.2) is 0 Å².